The number of hydrogen-bond donors (Lipinski definition) is 2. The largest absolute Gasteiger partial charge is 0.480 e. The van der Waals surface area contributed by atoms with E-state index in [1.165, 1.54) is 4.90 Å². The molecule has 33 heavy (non-hydrogen) atoms. The number of likely N-dealkylation sites (tertiary alicyclic amines) is 1. The van der Waals surface area contributed by atoms with Crippen LogP contribution >= 0.6 is 0 Å². The fourth-order valence-electron chi connectivity index (χ4n) is 6.12. The molecule has 2 N–H and O–H groups in total. The summed E-state index contributed by atoms with van der Waals surface area (Å²) in [6, 6.07) is 14.1. The van der Waals surface area contributed by atoms with Crippen molar-refractivity contribution in [2.24, 2.45) is 17.8 Å². The number of aliphatic carboxylic acids is 1. The van der Waals surface area contributed by atoms with Gasteiger partial charge in [-0.2, -0.15) is 0 Å². The summed E-state index contributed by atoms with van der Waals surface area (Å²) in [5, 5.41) is 13.8. The van der Waals surface area contributed by atoms with Crippen molar-refractivity contribution in [3.63, 3.8) is 0 Å². The first-order chi connectivity index (χ1) is 16.0. The van der Waals surface area contributed by atoms with Gasteiger partial charge in [0.1, 0.15) is 5.54 Å². The Labute approximate surface area is 193 Å². The molecule has 2 saturated heterocycles. The highest BCUT2D eigenvalue weighted by Gasteiger charge is 2.68. The van der Waals surface area contributed by atoms with Gasteiger partial charge in [0.15, 0.2) is 0 Å². The van der Waals surface area contributed by atoms with Gasteiger partial charge in [0.2, 0.25) is 11.8 Å². The second-order valence-corrected chi connectivity index (χ2v) is 9.61. The van der Waals surface area contributed by atoms with Gasteiger partial charge in [-0.15, -0.1) is 0 Å². The van der Waals surface area contributed by atoms with Crippen molar-refractivity contribution in [1.29, 1.82) is 0 Å². The van der Waals surface area contributed by atoms with Crippen LogP contribution in [0.25, 0.3) is 0 Å². The lowest BCUT2D eigenvalue weighted by atomic mass is 9.72. The van der Waals surface area contributed by atoms with Gasteiger partial charge in [-0.3, -0.25) is 29.6 Å². The lowest BCUT2D eigenvalue weighted by molar-refractivity contribution is -0.152. The minimum Gasteiger partial charge on any atom is -0.480 e. The number of rotatable bonds is 6. The average Bonchev–Trinajstić information content (AvgIpc) is 3.31. The molecule has 0 radical (unpaired) electrons. The summed E-state index contributed by atoms with van der Waals surface area (Å²) >= 11 is 0. The Morgan fingerprint density at radius 1 is 1.03 bits per heavy atom. The predicted octanol–water partition coefficient (Wildman–Crippen LogP) is 3.32. The molecule has 3 heterocycles. The van der Waals surface area contributed by atoms with E-state index >= 15 is 0 Å². The Hall–Kier alpha value is -3.06. The smallest absolute Gasteiger partial charge is 0.324 e. The number of carboxylic acid groups (broad SMARTS) is 1. The zero-order chi connectivity index (χ0) is 23.0. The highest BCUT2D eigenvalue weighted by atomic mass is 16.4. The molecular formula is C26H29N3O4. The maximum Gasteiger partial charge on any atom is 0.324 e. The third-order valence-corrected chi connectivity index (χ3v) is 7.65. The zero-order valence-electron chi connectivity index (χ0n) is 18.5. The molecule has 2 aromatic rings. The monoisotopic (exact) mass is 447 g/mol. The zero-order valence-corrected chi connectivity index (χ0v) is 18.5. The van der Waals surface area contributed by atoms with Crippen molar-refractivity contribution in [3.8, 4) is 0 Å². The number of amides is 2. The highest BCUT2D eigenvalue weighted by molar-refractivity contribution is 6.09. The van der Waals surface area contributed by atoms with E-state index in [4.69, 9.17) is 0 Å². The molecule has 7 heteroatoms. The summed E-state index contributed by atoms with van der Waals surface area (Å²) in [6.45, 7) is 0.152. The summed E-state index contributed by atoms with van der Waals surface area (Å²) in [5.41, 5.74) is -0.0377. The number of carboxylic acids is 1. The van der Waals surface area contributed by atoms with Crippen LogP contribution in [0.2, 0.25) is 0 Å². The first-order valence-corrected chi connectivity index (χ1v) is 11.8. The Morgan fingerprint density at radius 2 is 1.76 bits per heavy atom. The number of hydrogen-bond acceptors (Lipinski definition) is 5. The normalized spacial score (nSPS) is 29.9. The molecule has 0 spiro atoms. The summed E-state index contributed by atoms with van der Waals surface area (Å²) < 4.78 is 0. The van der Waals surface area contributed by atoms with Gasteiger partial charge in [0.05, 0.1) is 30.1 Å². The molecule has 3 aliphatic rings. The molecule has 7 nitrogen and oxygen atoms in total. The molecule has 1 saturated carbocycles. The topological polar surface area (TPSA) is 99.6 Å². The van der Waals surface area contributed by atoms with Crippen LogP contribution in [0.4, 0.5) is 0 Å². The summed E-state index contributed by atoms with van der Waals surface area (Å²) in [5.74, 6) is -3.27. The van der Waals surface area contributed by atoms with E-state index in [1.54, 1.807) is 18.3 Å². The maximum absolute atomic E-state index is 13.7. The third kappa shape index (κ3) is 3.74. The number of pyridine rings is 1. The van der Waals surface area contributed by atoms with E-state index in [0.29, 0.717) is 12.1 Å². The van der Waals surface area contributed by atoms with E-state index < -0.39 is 35.3 Å². The number of fused-ring (bicyclic) bond motifs is 1. The molecule has 2 amide bonds. The fraction of sp³-hybridized carbons (Fsp3) is 0.462. The van der Waals surface area contributed by atoms with Crippen LogP contribution in [-0.4, -0.2) is 38.3 Å². The van der Waals surface area contributed by atoms with Crippen molar-refractivity contribution in [3.05, 3.63) is 66.0 Å². The number of carbonyl (C=O) groups is 3. The van der Waals surface area contributed by atoms with E-state index in [0.717, 1.165) is 37.7 Å². The lowest BCUT2D eigenvalue weighted by Crippen LogP contribution is -2.56. The lowest BCUT2D eigenvalue weighted by Gasteiger charge is -2.35. The van der Waals surface area contributed by atoms with E-state index in [9.17, 15) is 19.5 Å². The van der Waals surface area contributed by atoms with Gasteiger partial charge in [0, 0.05) is 6.20 Å². The molecule has 3 fully saturated rings. The second kappa shape index (κ2) is 8.71. The van der Waals surface area contributed by atoms with Gasteiger partial charge in [0.25, 0.3) is 0 Å². The molecule has 2 aliphatic heterocycles. The molecule has 172 valence electrons. The van der Waals surface area contributed by atoms with Gasteiger partial charge < -0.3 is 5.11 Å². The fourth-order valence-corrected chi connectivity index (χ4v) is 6.12. The molecular weight excluding hydrogens is 418 g/mol. The first-order valence-electron chi connectivity index (χ1n) is 11.8. The molecule has 4 unspecified atom stereocenters. The summed E-state index contributed by atoms with van der Waals surface area (Å²) in [6.07, 6.45) is 7.21. The molecule has 0 bridgehead atoms. The molecule has 1 aromatic heterocycles. The molecule has 1 aliphatic carbocycles. The van der Waals surface area contributed by atoms with Crippen molar-refractivity contribution < 1.29 is 19.5 Å². The number of nitrogens with one attached hydrogen (secondary N) is 1. The highest BCUT2D eigenvalue weighted by Crippen LogP contribution is 2.51. The van der Waals surface area contributed by atoms with Crippen molar-refractivity contribution in [1.82, 2.24) is 15.2 Å². The second-order valence-electron chi connectivity index (χ2n) is 9.61. The summed E-state index contributed by atoms with van der Waals surface area (Å²) in [7, 11) is 0. The molecule has 1 aromatic carbocycles. The van der Waals surface area contributed by atoms with Gasteiger partial charge in [-0.05, 0) is 30.0 Å². The van der Waals surface area contributed by atoms with Crippen LogP contribution in [0.3, 0.4) is 0 Å². The number of benzene rings is 1. The van der Waals surface area contributed by atoms with Crippen molar-refractivity contribution in [2.75, 3.05) is 0 Å². The van der Waals surface area contributed by atoms with Gasteiger partial charge >= 0.3 is 5.97 Å². The van der Waals surface area contributed by atoms with Crippen LogP contribution in [0.15, 0.2) is 54.7 Å². The van der Waals surface area contributed by atoms with Crippen LogP contribution in [0.1, 0.15) is 55.8 Å². The van der Waals surface area contributed by atoms with Gasteiger partial charge in [-0.25, -0.2) is 0 Å². The SMILES string of the molecule is O=C1C2C(c3ccccn3)NC(CC3CCCCC3)(C(=O)O)C2C(=O)N1Cc1ccccc1. The van der Waals surface area contributed by atoms with Crippen molar-refractivity contribution in [2.45, 2.75) is 56.7 Å². The number of imide groups is 1. The Morgan fingerprint density at radius 3 is 2.42 bits per heavy atom. The van der Waals surface area contributed by atoms with Gasteiger partial charge in [-0.1, -0.05) is 68.5 Å². The summed E-state index contributed by atoms with van der Waals surface area (Å²) in [4.78, 5) is 45.9. The first kappa shape index (κ1) is 21.8. The van der Waals surface area contributed by atoms with Crippen LogP contribution in [0.5, 0.6) is 0 Å². The molecule has 5 rings (SSSR count). The number of aromatic nitrogens is 1. The molecule has 4 atom stereocenters. The van der Waals surface area contributed by atoms with E-state index in [2.05, 4.69) is 10.3 Å². The van der Waals surface area contributed by atoms with Crippen LogP contribution < -0.4 is 5.32 Å². The van der Waals surface area contributed by atoms with Crippen LogP contribution in [0, 0.1) is 17.8 Å². The van der Waals surface area contributed by atoms with E-state index in [-0.39, 0.29) is 18.4 Å². The average molecular weight is 448 g/mol. The maximum atomic E-state index is 13.7. The van der Waals surface area contributed by atoms with E-state index in [1.807, 2.05) is 36.4 Å². The quantitative estimate of drug-likeness (QED) is 0.659. The Kier molecular flexibility index (Phi) is 5.74. The van der Waals surface area contributed by atoms with Crippen molar-refractivity contribution >= 4 is 17.8 Å². The predicted molar refractivity (Wildman–Crippen MR) is 121 cm³/mol. The minimum atomic E-state index is -1.48. The van der Waals surface area contributed by atoms with Crippen LogP contribution in [-0.2, 0) is 20.9 Å². The third-order valence-electron chi connectivity index (χ3n) is 7.65. The Bertz CT molecular complexity index is 1040. The minimum absolute atomic E-state index is 0.152. The Balaban J connectivity index is 1.55. The number of nitrogens with zero attached hydrogens (tertiary/aromatic N) is 2. The number of carbonyl (C=O) groups excluding carboxylic acids is 2. The standard InChI is InChI=1S/C26H29N3O4/c30-23-20-21(24(31)29(23)16-18-11-5-2-6-12-18)26(25(32)33,15-17-9-3-1-4-10-17)28-22(20)19-13-7-8-14-27-19/h2,5-8,11-14,17,20-22,28H,1,3-4,9-10,15-16H2,(H,32,33).